The molecule has 0 aromatic rings. The molecule has 0 rings (SSSR count). The van der Waals surface area contributed by atoms with Crippen molar-refractivity contribution in [1.82, 2.24) is 0 Å². The quantitative estimate of drug-likeness (QED) is 0.431. The van der Waals surface area contributed by atoms with Crippen molar-refractivity contribution in [2.75, 3.05) is 0 Å². The molecule has 0 aliphatic heterocycles. The minimum Gasteiger partial charge on any atom is -0.450 e. The predicted octanol–water partition coefficient (Wildman–Crippen LogP) is 1.91. The van der Waals surface area contributed by atoms with Crippen molar-refractivity contribution >= 4 is 16.1 Å². The van der Waals surface area contributed by atoms with Crippen LogP contribution >= 0.6 is 9.90 Å². The second kappa shape index (κ2) is 30.2. The molecule has 1 unspecified atom stereocenters. The number of hydrogen-bond donors (Lipinski definition) is 1. The standard InChI is InChI=1S/C4H8O3.5FH.H3P/c1-3(2)7-4(5)6;;;;;;/h3H,1-2H3,(H,5,6);5*1H;1H3. The van der Waals surface area contributed by atoms with Crippen LogP contribution in [0.1, 0.15) is 13.8 Å². The molecule has 90 valence electrons. The van der Waals surface area contributed by atoms with Crippen LogP contribution in [0.4, 0.5) is 28.3 Å². The zero-order valence-corrected chi connectivity index (χ0v) is 8.50. The van der Waals surface area contributed by atoms with Crippen LogP contribution < -0.4 is 0 Å². The Balaban J connectivity index is -0.0000000120. The van der Waals surface area contributed by atoms with Gasteiger partial charge in [0, 0.05) is 0 Å². The molecule has 0 fully saturated rings. The number of rotatable bonds is 1. The smallest absolute Gasteiger partial charge is 0.450 e. The number of ether oxygens (including phenoxy) is 1. The molecule has 1 N–H and O–H groups in total. The topological polar surface area (TPSA) is 46.5 Å². The fourth-order valence-electron chi connectivity index (χ4n) is 0.202. The van der Waals surface area contributed by atoms with Gasteiger partial charge in [-0.2, -0.15) is 9.90 Å². The summed E-state index contributed by atoms with van der Waals surface area (Å²) in [4.78, 5) is 9.59. The van der Waals surface area contributed by atoms with E-state index in [2.05, 4.69) is 4.74 Å². The van der Waals surface area contributed by atoms with Crippen molar-refractivity contribution in [3.63, 3.8) is 0 Å². The fraction of sp³-hybridized carbons (Fsp3) is 0.750. The van der Waals surface area contributed by atoms with Gasteiger partial charge in [0.2, 0.25) is 0 Å². The Bertz CT molecular complexity index is 84.2. The third-order valence-corrected chi connectivity index (χ3v) is 0.337. The Labute approximate surface area is 75.3 Å². The van der Waals surface area contributed by atoms with Crippen LogP contribution in [0.3, 0.4) is 0 Å². The summed E-state index contributed by atoms with van der Waals surface area (Å²) < 4.78 is 4.17. The van der Waals surface area contributed by atoms with E-state index in [1.165, 1.54) is 0 Å². The molecule has 0 aliphatic carbocycles. The number of hydrogen-bond acceptors (Lipinski definition) is 2. The van der Waals surface area contributed by atoms with Gasteiger partial charge in [0.05, 0.1) is 6.10 Å². The molecule has 0 aromatic heterocycles. The molecule has 3 nitrogen and oxygen atoms in total. The Hall–Kier alpha value is -0.650. The fourth-order valence-corrected chi connectivity index (χ4v) is 0.202. The van der Waals surface area contributed by atoms with E-state index in [1.807, 2.05) is 0 Å². The minimum absolute atomic E-state index is 0. The highest BCUT2D eigenvalue weighted by molar-refractivity contribution is 6.92. The van der Waals surface area contributed by atoms with E-state index in [-0.39, 0.29) is 39.5 Å². The van der Waals surface area contributed by atoms with Crippen molar-refractivity contribution in [2.45, 2.75) is 20.0 Å². The lowest BCUT2D eigenvalue weighted by molar-refractivity contribution is 0.0660. The molecule has 0 aliphatic rings. The van der Waals surface area contributed by atoms with Gasteiger partial charge in [0.1, 0.15) is 0 Å². The van der Waals surface area contributed by atoms with Gasteiger partial charge < -0.3 is 9.84 Å². The van der Waals surface area contributed by atoms with Crippen molar-refractivity contribution in [3.05, 3.63) is 0 Å². The van der Waals surface area contributed by atoms with Gasteiger partial charge in [-0.05, 0) is 13.8 Å². The first-order valence-corrected chi connectivity index (χ1v) is 2.02. The third-order valence-electron chi connectivity index (χ3n) is 0.337. The summed E-state index contributed by atoms with van der Waals surface area (Å²) in [5.41, 5.74) is 0. The van der Waals surface area contributed by atoms with E-state index >= 15 is 0 Å². The molecule has 9 heteroatoms. The van der Waals surface area contributed by atoms with Crippen molar-refractivity contribution in [1.29, 1.82) is 0 Å². The summed E-state index contributed by atoms with van der Waals surface area (Å²) in [5, 5.41) is 7.86. The maximum absolute atomic E-state index is 9.59. The molecule has 1 atom stereocenters. The zero-order valence-electron chi connectivity index (χ0n) is 7.09. The van der Waals surface area contributed by atoms with E-state index in [9.17, 15) is 4.79 Å². The van der Waals surface area contributed by atoms with Crippen molar-refractivity contribution in [2.24, 2.45) is 0 Å². The lowest BCUT2D eigenvalue weighted by Crippen LogP contribution is -2.07. The van der Waals surface area contributed by atoms with Gasteiger partial charge in [-0.25, -0.2) is 4.79 Å². The molecule has 0 aromatic carbocycles. The van der Waals surface area contributed by atoms with Crippen LogP contribution in [-0.2, 0) is 4.74 Å². The lowest BCUT2D eigenvalue weighted by atomic mass is 10.5. The van der Waals surface area contributed by atoms with E-state index in [4.69, 9.17) is 5.11 Å². The van der Waals surface area contributed by atoms with Crippen LogP contribution in [0.2, 0.25) is 0 Å². The summed E-state index contributed by atoms with van der Waals surface area (Å²) in [6, 6.07) is 0. The normalized spacial score (nSPS) is 4.85. The first kappa shape index (κ1) is 55.6. The second-order valence-electron chi connectivity index (χ2n) is 1.43. The van der Waals surface area contributed by atoms with E-state index < -0.39 is 6.16 Å². The summed E-state index contributed by atoms with van der Waals surface area (Å²) in [5.74, 6) is 0. The Kier molecular flexibility index (Phi) is 129. The highest BCUT2D eigenvalue weighted by Gasteiger charge is 1.97. The van der Waals surface area contributed by atoms with Crippen LogP contribution in [0.5, 0.6) is 0 Å². The van der Waals surface area contributed by atoms with Gasteiger partial charge in [-0.1, -0.05) is 0 Å². The van der Waals surface area contributed by atoms with Crippen LogP contribution in [-0.4, -0.2) is 17.4 Å². The molecular formula is C4H16F5O3P. The van der Waals surface area contributed by atoms with Gasteiger partial charge in [0.25, 0.3) is 0 Å². The summed E-state index contributed by atoms with van der Waals surface area (Å²) >= 11 is 0. The monoisotopic (exact) mass is 238 g/mol. The highest BCUT2D eigenvalue weighted by atomic mass is 31.0. The van der Waals surface area contributed by atoms with Gasteiger partial charge in [-0.3, -0.25) is 23.5 Å². The van der Waals surface area contributed by atoms with Crippen LogP contribution in [0.15, 0.2) is 0 Å². The molecule has 0 bridgehead atoms. The molecule has 0 saturated heterocycles. The third kappa shape index (κ3) is 88.4. The van der Waals surface area contributed by atoms with Crippen molar-refractivity contribution < 1.29 is 38.2 Å². The molecule has 0 radical (unpaired) electrons. The second-order valence-corrected chi connectivity index (χ2v) is 1.43. The average Bonchev–Trinajstić information content (AvgIpc) is 1.27. The maximum Gasteiger partial charge on any atom is 0.506 e. The number of halogens is 5. The van der Waals surface area contributed by atoms with Crippen LogP contribution in [0, 0.1) is 0 Å². The lowest BCUT2D eigenvalue weighted by Gasteiger charge is -1.99. The molecule has 0 heterocycles. The summed E-state index contributed by atoms with van der Waals surface area (Å²) in [6.07, 6.45) is -1.44. The van der Waals surface area contributed by atoms with E-state index in [0.29, 0.717) is 0 Å². The largest absolute Gasteiger partial charge is 0.506 e. The van der Waals surface area contributed by atoms with Gasteiger partial charge in [-0.15, -0.1) is 0 Å². The first-order valence-electron chi connectivity index (χ1n) is 2.02. The molecular weight excluding hydrogens is 222 g/mol. The molecule has 0 spiro atoms. The highest BCUT2D eigenvalue weighted by Crippen LogP contribution is 1.85. The SMILES string of the molecule is CC(C)OC(=O)O.F.F.F.F.F.P. The number of carbonyl (C=O) groups is 1. The zero-order chi connectivity index (χ0) is 5.86. The number of carboxylic acid groups (broad SMARTS) is 1. The Morgan fingerprint density at radius 1 is 1.08 bits per heavy atom. The summed E-state index contributed by atoms with van der Waals surface area (Å²) in [6.45, 7) is 3.32. The van der Waals surface area contributed by atoms with E-state index in [1.54, 1.807) is 13.8 Å². The molecule has 0 saturated carbocycles. The van der Waals surface area contributed by atoms with Crippen LogP contribution in [0.25, 0.3) is 0 Å². The maximum atomic E-state index is 9.59. The van der Waals surface area contributed by atoms with Gasteiger partial charge >= 0.3 is 6.16 Å². The molecule has 13 heavy (non-hydrogen) atoms. The summed E-state index contributed by atoms with van der Waals surface area (Å²) in [7, 11) is 0. The first-order chi connectivity index (χ1) is 3.13. The predicted molar refractivity (Wildman–Crippen MR) is 47.9 cm³/mol. The van der Waals surface area contributed by atoms with E-state index in [0.717, 1.165) is 0 Å². The Morgan fingerprint density at radius 2 is 1.31 bits per heavy atom. The molecule has 0 amide bonds. The minimum atomic E-state index is -1.21. The van der Waals surface area contributed by atoms with Gasteiger partial charge in [0.15, 0.2) is 0 Å². The average molecular weight is 238 g/mol. The Morgan fingerprint density at radius 3 is 1.31 bits per heavy atom. The van der Waals surface area contributed by atoms with Crippen molar-refractivity contribution in [3.8, 4) is 0 Å².